The predicted octanol–water partition coefficient (Wildman–Crippen LogP) is 3.52. The molecule has 0 spiro atoms. The van der Waals surface area contributed by atoms with E-state index in [2.05, 4.69) is 63.2 Å². The fraction of sp³-hybridized carbons (Fsp3) is 0.286. The standard InChI is InChI=1S/C14H17N/c1-10-6-5-7-12-13(15(3)4)9-8-11(2)14(10)12/h5-9H,1-4H3. The van der Waals surface area contributed by atoms with Crippen molar-refractivity contribution in [3.8, 4) is 0 Å². The quantitative estimate of drug-likeness (QED) is 0.679. The predicted molar refractivity (Wildman–Crippen MR) is 67.7 cm³/mol. The highest BCUT2D eigenvalue weighted by Crippen LogP contribution is 2.30. The molecule has 2 aromatic rings. The summed E-state index contributed by atoms with van der Waals surface area (Å²) in [6, 6.07) is 10.9. The summed E-state index contributed by atoms with van der Waals surface area (Å²) in [7, 11) is 4.18. The molecule has 0 bridgehead atoms. The van der Waals surface area contributed by atoms with Crippen LogP contribution in [-0.2, 0) is 0 Å². The lowest BCUT2D eigenvalue weighted by Crippen LogP contribution is -2.09. The molecule has 1 heteroatoms. The van der Waals surface area contributed by atoms with Crippen molar-refractivity contribution in [2.24, 2.45) is 0 Å². The van der Waals surface area contributed by atoms with Crippen LogP contribution >= 0.6 is 0 Å². The van der Waals surface area contributed by atoms with Crippen molar-refractivity contribution in [1.82, 2.24) is 0 Å². The summed E-state index contributed by atoms with van der Waals surface area (Å²) in [5.74, 6) is 0. The molecule has 0 unspecified atom stereocenters. The maximum Gasteiger partial charge on any atom is 0.0441 e. The molecule has 2 aromatic carbocycles. The van der Waals surface area contributed by atoms with Gasteiger partial charge in [-0.05, 0) is 36.4 Å². The number of hydrogen-bond acceptors (Lipinski definition) is 1. The van der Waals surface area contributed by atoms with Crippen molar-refractivity contribution in [2.75, 3.05) is 19.0 Å². The first-order valence-corrected chi connectivity index (χ1v) is 5.27. The molecule has 0 aliphatic carbocycles. The van der Waals surface area contributed by atoms with E-state index in [0.717, 1.165) is 0 Å². The van der Waals surface area contributed by atoms with Crippen molar-refractivity contribution in [1.29, 1.82) is 0 Å². The van der Waals surface area contributed by atoms with Crippen molar-refractivity contribution in [3.63, 3.8) is 0 Å². The highest BCUT2D eigenvalue weighted by molar-refractivity contribution is 5.98. The van der Waals surface area contributed by atoms with E-state index in [4.69, 9.17) is 0 Å². The fourth-order valence-corrected chi connectivity index (χ4v) is 2.17. The van der Waals surface area contributed by atoms with E-state index in [0.29, 0.717) is 0 Å². The second-order valence-electron chi connectivity index (χ2n) is 4.29. The number of nitrogens with zero attached hydrogens (tertiary/aromatic N) is 1. The molecule has 15 heavy (non-hydrogen) atoms. The Morgan fingerprint density at radius 2 is 1.53 bits per heavy atom. The molecule has 0 aliphatic rings. The first kappa shape index (κ1) is 10.0. The van der Waals surface area contributed by atoms with Crippen LogP contribution in [0.25, 0.3) is 10.8 Å². The van der Waals surface area contributed by atoms with Crippen LogP contribution in [-0.4, -0.2) is 14.1 Å². The van der Waals surface area contributed by atoms with Crippen LogP contribution in [0.4, 0.5) is 5.69 Å². The average Bonchev–Trinajstić information content (AvgIpc) is 2.17. The number of aryl methyl sites for hydroxylation is 2. The van der Waals surface area contributed by atoms with E-state index in [9.17, 15) is 0 Å². The Morgan fingerprint density at radius 1 is 0.867 bits per heavy atom. The lowest BCUT2D eigenvalue weighted by atomic mass is 9.99. The lowest BCUT2D eigenvalue weighted by molar-refractivity contribution is 1.14. The van der Waals surface area contributed by atoms with Gasteiger partial charge in [-0.15, -0.1) is 0 Å². The topological polar surface area (TPSA) is 3.24 Å². The summed E-state index contributed by atoms with van der Waals surface area (Å²) in [6.45, 7) is 4.35. The minimum Gasteiger partial charge on any atom is -0.377 e. The van der Waals surface area contributed by atoms with Crippen LogP contribution in [0.15, 0.2) is 30.3 Å². The summed E-state index contributed by atoms with van der Waals surface area (Å²) in [6.07, 6.45) is 0. The molecule has 78 valence electrons. The zero-order chi connectivity index (χ0) is 11.0. The molecule has 0 saturated heterocycles. The minimum absolute atomic E-state index is 1.29. The lowest BCUT2D eigenvalue weighted by Gasteiger charge is -2.17. The fourth-order valence-electron chi connectivity index (χ4n) is 2.17. The normalized spacial score (nSPS) is 10.7. The van der Waals surface area contributed by atoms with Gasteiger partial charge in [0, 0.05) is 25.2 Å². The summed E-state index contributed by atoms with van der Waals surface area (Å²) >= 11 is 0. The van der Waals surface area contributed by atoms with E-state index >= 15 is 0 Å². The molecule has 0 N–H and O–H groups in total. The second-order valence-corrected chi connectivity index (χ2v) is 4.29. The molecule has 0 aromatic heterocycles. The first-order valence-electron chi connectivity index (χ1n) is 5.27. The van der Waals surface area contributed by atoms with Crippen LogP contribution in [0, 0.1) is 13.8 Å². The van der Waals surface area contributed by atoms with Crippen LogP contribution < -0.4 is 4.90 Å². The van der Waals surface area contributed by atoms with Crippen molar-refractivity contribution < 1.29 is 0 Å². The van der Waals surface area contributed by atoms with Crippen molar-refractivity contribution >= 4 is 16.5 Å². The maximum absolute atomic E-state index is 2.20. The van der Waals surface area contributed by atoms with Gasteiger partial charge in [0.2, 0.25) is 0 Å². The van der Waals surface area contributed by atoms with Gasteiger partial charge in [0.1, 0.15) is 0 Å². The van der Waals surface area contributed by atoms with Crippen molar-refractivity contribution in [3.05, 3.63) is 41.5 Å². The van der Waals surface area contributed by atoms with Gasteiger partial charge in [0.25, 0.3) is 0 Å². The van der Waals surface area contributed by atoms with Crippen LogP contribution in [0.1, 0.15) is 11.1 Å². The Kier molecular flexibility index (Phi) is 2.39. The Labute approximate surface area is 91.3 Å². The van der Waals surface area contributed by atoms with Gasteiger partial charge in [-0.2, -0.15) is 0 Å². The van der Waals surface area contributed by atoms with Gasteiger partial charge in [-0.3, -0.25) is 0 Å². The SMILES string of the molecule is Cc1cccc2c(N(C)C)ccc(C)c12. The molecular weight excluding hydrogens is 182 g/mol. The Morgan fingerprint density at radius 3 is 2.20 bits per heavy atom. The van der Waals surface area contributed by atoms with E-state index in [1.165, 1.54) is 27.6 Å². The zero-order valence-electron chi connectivity index (χ0n) is 9.83. The van der Waals surface area contributed by atoms with Crippen LogP contribution in [0.3, 0.4) is 0 Å². The van der Waals surface area contributed by atoms with Crippen LogP contribution in [0.5, 0.6) is 0 Å². The molecule has 0 saturated carbocycles. The third-order valence-electron chi connectivity index (χ3n) is 2.92. The van der Waals surface area contributed by atoms with Gasteiger partial charge in [0.05, 0.1) is 0 Å². The Hall–Kier alpha value is -1.50. The summed E-state index contributed by atoms with van der Waals surface area (Å²) in [5, 5.41) is 2.74. The molecule has 0 amide bonds. The number of fused-ring (bicyclic) bond motifs is 1. The maximum atomic E-state index is 2.20. The van der Waals surface area contributed by atoms with Gasteiger partial charge >= 0.3 is 0 Å². The summed E-state index contributed by atoms with van der Waals surface area (Å²) in [4.78, 5) is 2.17. The molecular formula is C14H17N. The molecule has 2 rings (SSSR count). The Bertz CT molecular complexity index is 490. The Balaban J connectivity index is 2.89. The minimum atomic E-state index is 1.29. The third-order valence-corrected chi connectivity index (χ3v) is 2.92. The second kappa shape index (κ2) is 3.58. The number of anilines is 1. The highest BCUT2D eigenvalue weighted by Gasteiger charge is 2.06. The first-order chi connectivity index (χ1) is 7.11. The number of hydrogen-bond donors (Lipinski definition) is 0. The molecule has 0 fully saturated rings. The van der Waals surface area contributed by atoms with Gasteiger partial charge in [0.15, 0.2) is 0 Å². The number of benzene rings is 2. The molecule has 1 nitrogen and oxygen atoms in total. The summed E-state index contributed by atoms with van der Waals surface area (Å²) in [5.41, 5.74) is 4.00. The molecule has 0 radical (unpaired) electrons. The van der Waals surface area contributed by atoms with E-state index in [1.54, 1.807) is 0 Å². The monoisotopic (exact) mass is 199 g/mol. The number of rotatable bonds is 1. The molecule has 0 atom stereocenters. The van der Waals surface area contributed by atoms with E-state index in [1.807, 2.05) is 0 Å². The highest BCUT2D eigenvalue weighted by atomic mass is 15.1. The van der Waals surface area contributed by atoms with Gasteiger partial charge < -0.3 is 4.90 Å². The van der Waals surface area contributed by atoms with E-state index in [-0.39, 0.29) is 0 Å². The third kappa shape index (κ3) is 1.58. The van der Waals surface area contributed by atoms with E-state index < -0.39 is 0 Å². The average molecular weight is 199 g/mol. The van der Waals surface area contributed by atoms with Gasteiger partial charge in [-0.25, -0.2) is 0 Å². The van der Waals surface area contributed by atoms with Crippen LogP contribution in [0.2, 0.25) is 0 Å². The zero-order valence-corrected chi connectivity index (χ0v) is 9.83. The van der Waals surface area contributed by atoms with Crippen molar-refractivity contribution in [2.45, 2.75) is 13.8 Å². The molecule has 0 heterocycles. The smallest absolute Gasteiger partial charge is 0.0441 e. The summed E-state index contributed by atoms with van der Waals surface area (Å²) < 4.78 is 0. The molecule has 0 aliphatic heterocycles. The van der Waals surface area contributed by atoms with Gasteiger partial charge in [-0.1, -0.05) is 24.3 Å². The largest absolute Gasteiger partial charge is 0.377 e.